The lowest BCUT2D eigenvalue weighted by atomic mass is 10.0. The van der Waals surface area contributed by atoms with Crippen LogP contribution in [0.15, 0.2) is 53.4 Å². The summed E-state index contributed by atoms with van der Waals surface area (Å²) in [4.78, 5) is 7.30. The van der Waals surface area contributed by atoms with Gasteiger partial charge in [-0.3, -0.25) is 0 Å². The zero-order valence-electron chi connectivity index (χ0n) is 11.2. The summed E-state index contributed by atoms with van der Waals surface area (Å²) >= 11 is 5.86. The van der Waals surface area contributed by atoms with Crippen LogP contribution in [0.5, 0.6) is 0 Å². The summed E-state index contributed by atoms with van der Waals surface area (Å²) in [6, 6.07) is 8.58. The number of aromatic amines is 1. The van der Waals surface area contributed by atoms with E-state index in [0.717, 1.165) is 16.6 Å². The highest BCUT2D eigenvalue weighted by atomic mass is 35.5. The Morgan fingerprint density at radius 2 is 2.00 bits per heavy atom. The molecule has 0 radical (unpaired) electrons. The SMILES string of the molecule is Fc1c(Cl)cccc1-c1cnoc1-c1c[nH]c2ncccc12. The summed E-state index contributed by atoms with van der Waals surface area (Å²) in [6.45, 7) is 0. The van der Waals surface area contributed by atoms with Crippen molar-refractivity contribution in [1.29, 1.82) is 0 Å². The van der Waals surface area contributed by atoms with Crippen LogP contribution >= 0.6 is 11.6 Å². The Morgan fingerprint density at radius 3 is 2.91 bits per heavy atom. The monoisotopic (exact) mass is 313 g/mol. The van der Waals surface area contributed by atoms with Crippen LogP contribution in [-0.2, 0) is 0 Å². The molecular formula is C16H9ClFN3O. The number of hydrogen-bond acceptors (Lipinski definition) is 3. The maximum Gasteiger partial charge on any atom is 0.176 e. The van der Waals surface area contributed by atoms with Gasteiger partial charge in [-0.1, -0.05) is 28.9 Å². The van der Waals surface area contributed by atoms with Crippen LogP contribution in [0, 0.1) is 5.82 Å². The fourth-order valence-corrected chi connectivity index (χ4v) is 2.66. The van der Waals surface area contributed by atoms with Gasteiger partial charge in [0.15, 0.2) is 5.76 Å². The zero-order chi connectivity index (χ0) is 15.1. The number of halogens is 2. The molecule has 0 bridgehead atoms. The van der Waals surface area contributed by atoms with Crippen LogP contribution in [0.25, 0.3) is 33.5 Å². The van der Waals surface area contributed by atoms with Crippen molar-refractivity contribution in [1.82, 2.24) is 15.1 Å². The molecular weight excluding hydrogens is 305 g/mol. The average Bonchev–Trinajstić information content (AvgIpc) is 3.16. The molecule has 4 aromatic rings. The van der Waals surface area contributed by atoms with E-state index in [9.17, 15) is 4.39 Å². The van der Waals surface area contributed by atoms with Crippen LogP contribution < -0.4 is 0 Å². The van der Waals surface area contributed by atoms with E-state index in [1.54, 1.807) is 24.5 Å². The van der Waals surface area contributed by atoms with Gasteiger partial charge in [0.2, 0.25) is 0 Å². The molecule has 0 aliphatic rings. The first-order valence-electron chi connectivity index (χ1n) is 6.57. The van der Waals surface area contributed by atoms with E-state index in [2.05, 4.69) is 15.1 Å². The number of nitrogens with zero attached hydrogens (tertiary/aromatic N) is 2. The summed E-state index contributed by atoms with van der Waals surface area (Å²) in [6.07, 6.45) is 4.95. The highest BCUT2D eigenvalue weighted by Crippen LogP contribution is 2.37. The first kappa shape index (κ1) is 13.0. The first-order chi connectivity index (χ1) is 10.8. The second-order valence-electron chi connectivity index (χ2n) is 4.77. The van der Waals surface area contributed by atoms with Gasteiger partial charge in [-0.05, 0) is 18.2 Å². The topological polar surface area (TPSA) is 54.7 Å². The van der Waals surface area contributed by atoms with E-state index in [1.165, 1.54) is 12.3 Å². The van der Waals surface area contributed by atoms with Gasteiger partial charge in [0, 0.05) is 28.9 Å². The molecule has 0 atom stereocenters. The van der Waals surface area contributed by atoms with Crippen molar-refractivity contribution >= 4 is 22.6 Å². The van der Waals surface area contributed by atoms with E-state index in [-0.39, 0.29) is 5.02 Å². The minimum atomic E-state index is -0.494. The highest BCUT2D eigenvalue weighted by molar-refractivity contribution is 6.31. The Hall–Kier alpha value is -2.66. The van der Waals surface area contributed by atoms with Gasteiger partial charge < -0.3 is 9.51 Å². The minimum Gasteiger partial charge on any atom is -0.356 e. The number of nitrogens with one attached hydrogen (secondary N) is 1. The average molecular weight is 314 g/mol. The van der Waals surface area contributed by atoms with Crippen molar-refractivity contribution in [2.24, 2.45) is 0 Å². The van der Waals surface area contributed by atoms with Crippen LogP contribution in [-0.4, -0.2) is 15.1 Å². The molecule has 0 saturated carbocycles. The molecule has 0 spiro atoms. The number of fused-ring (bicyclic) bond motifs is 1. The molecule has 0 saturated heterocycles. The molecule has 22 heavy (non-hydrogen) atoms. The Labute approximate surface area is 129 Å². The first-order valence-corrected chi connectivity index (χ1v) is 6.95. The Balaban J connectivity index is 1.96. The maximum atomic E-state index is 14.3. The fourth-order valence-electron chi connectivity index (χ4n) is 2.48. The molecule has 108 valence electrons. The Morgan fingerprint density at radius 1 is 1.09 bits per heavy atom. The molecule has 0 unspecified atom stereocenters. The fraction of sp³-hybridized carbons (Fsp3) is 0. The number of rotatable bonds is 2. The van der Waals surface area contributed by atoms with E-state index in [0.29, 0.717) is 16.9 Å². The van der Waals surface area contributed by atoms with Crippen LogP contribution in [0.3, 0.4) is 0 Å². The summed E-state index contributed by atoms with van der Waals surface area (Å²) in [5.41, 5.74) is 2.40. The quantitative estimate of drug-likeness (QED) is 0.584. The van der Waals surface area contributed by atoms with E-state index >= 15 is 0 Å². The highest BCUT2D eigenvalue weighted by Gasteiger charge is 2.19. The summed E-state index contributed by atoms with van der Waals surface area (Å²) in [7, 11) is 0. The van der Waals surface area contributed by atoms with Gasteiger partial charge in [-0.2, -0.15) is 0 Å². The zero-order valence-corrected chi connectivity index (χ0v) is 11.9. The molecule has 0 fully saturated rings. The van der Waals surface area contributed by atoms with Crippen molar-refractivity contribution in [2.75, 3.05) is 0 Å². The maximum absolute atomic E-state index is 14.3. The third-order valence-electron chi connectivity index (χ3n) is 3.51. The van der Waals surface area contributed by atoms with Gasteiger partial charge in [0.05, 0.1) is 16.8 Å². The predicted molar refractivity (Wildman–Crippen MR) is 82.0 cm³/mol. The van der Waals surface area contributed by atoms with Gasteiger partial charge in [-0.15, -0.1) is 0 Å². The lowest BCUT2D eigenvalue weighted by Gasteiger charge is -2.03. The smallest absolute Gasteiger partial charge is 0.176 e. The second kappa shape index (κ2) is 4.96. The lowest BCUT2D eigenvalue weighted by molar-refractivity contribution is 0.433. The molecule has 4 rings (SSSR count). The number of benzene rings is 1. The largest absolute Gasteiger partial charge is 0.356 e. The molecule has 3 heterocycles. The van der Waals surface area contributed by atoms with Crippen LogP contribution in [0.2, 0.25) is 5.02 Å². The van der Waals surface area contributed by atoms with Crippen molar-refractivity contribution in [3.8, 4) is 22.5 Å². The third kappa shape index (κ3) is 1.90. The van der Waals surface area contributed by atoms with E-state index in [1.807, 2.05) is 12.1 Å². The minimum absolute atomic E-state index is 0.0604. The van der Waals surface area contributed by atoms with Crippen molar-refractivity contribution in [2.45, 2.75) is 0 Å². The van der Waals surface area contributed by atoms with E-state index in [4.69, 9.17) is 16.1 Å². The summed E-state index contributed by atoms with van der Waals surface area (Å²) in [5.74, 6) is -0.0213. The Bertz CT molecular complexity index is 976. The predicted octanol–water partition coefficient (Wildman–Crippen LogP) is 4.68. The Kier molecular flexibility index (Phi) is 2.94. The second-order valence-corrected chi connectivity index (χ2v) is 5.18. The number of aromatic nitrogens is 3. The summed E-state index contributed by atoms with van der Waals surface area (Å²) < 4.78 is 19.6. The van der Waals surface area contributed by atoms with Gasteiger partial charge in [0.1, 0.15) is 11.5 Å². The third-order valence-corrected chi connectivity index (χ3v) is 3.80. The molecule has 0 aliphatic carbocycles. The van der Waals surface area contributed by atoms with Crippen LogP contribution in [0.4, 0.5) is 4.39 Å². The number of hydrogen-bond donors (Lipinski definition) is 1. The molecule has 6 heteroatoms. The number of H-pyrrole nitrogens is 1. The molecule has 1 aromatic carbocycles. The molecule has 1 N–H and O–H groups in total. The van der Waals surface area contributed by atoms with Gasteiger partial charge in [0.25, 0.3) is 0 Å². The van der Waals surface area contributed by atoms with Crippen molar-refractivity contribution < 1.29 is 8.91 Å². The summed E-state index contributed by atoms with van der Waals surface area (Å²) in [5, 5.41) is 4.75. The van der Waals surface area contributed by atoms with Crippen molar-refractivity contribution in [3.05, 3.63) is 59.8 Å². The molecule has 4 nitrogen and oxygen atoms in total. The molecule has 0 aliphatic heterocycles. The normalized spacial score (nSPS) is 11.2. The standard InChI is InChI=1S/C16H9ClFN3O/c17-13-5-1-3-9(14(13)18)12-8-21-22-15(12)11-7-20-16-10(11)4-2-6-19-16/h1-8H,(H,19,20). The van der Waals surface area contributed by atoms with Crippen molar-refractivity contribution in [3.63, 3.8) is 0 Å². The lowest BCUT2D eigenvalue weighted by Crippen LogP contribution is -1.86. The van der Waals surface area contributed by atoms with E-state index < -0.39 is 5.82 Å². The van der Waals surface area contributed by atoms with Gasteiger partial charge >= 0.3 is 0 Å². The molecule has 3 aromatic heterocycles. The van der Waals surface area contributed by atoms with Gasteiger partial charge in [-0.25, -0.2) is 9.37 Å². The number of pyridine rings is 1. The molecule has 0 amide bonds. The van der Waals surface area contributed by atoms with Crippen LogP contribution in [0.1, 0.15) is 0 Å².